The molecule has 0 aliphatic rings. The van der Waals surface area contributed by atoms with Crippen LogP contribution in [0.1, 0.15) is 72.6 Å². The minimum Gasteiger partial charge on any atom is -0.393 e. The van der Waals surface area contributed by atoms with Crippen molar-refractivity contribution in [1.29, 1.82) is 0 Å². The first-order valence-corrected chi connectivity index (χ1v) is 6.75. The van der Waals surface area contributed by atoms with Crippen LogP contribution in [-0.4, -0.2) is 11.2 Å². The van der Waals surface area contributed by atoms with Crippen LogP contribution in [0.2, 0.25) is 0 Å². The number of hydrogen-bond acceptors (Lipinski definition) is 1. The van der Waals surface area contributed by atoms with Gasteiger partial charge in [0, 0.05) is 0 Å². The molecular weight excluding hydrogens is 196 g/mol. The van der Waals surface area contributed by atoms with Gasteiger partial charge in [0.05, 0.1) is 6.10 Å². The molecule has 0 saturated heterocycles. The third-order valence-electron chi connectivity index (χ3n) is 2.74. The fraction of sp³-hybridized carbons (Fsp3) is 0.867. The van der Waals surface area contributed by atoms with Crippen LogP contribution in [-0.2, 0) is 0 Å². The van der Waals surface area contributed by atoms with Gasteiger partial charge in [0.15, 0.2) is 0 Å². The fourth-order valence-electron chi connectivity index (χ4n) is 1.97. The van der Waals surface area contributed by atoms with Gasteiger partial charge in [-0.05, 0) is 38.0 Å². The van der Waals surface area contributed by atoms with E-state index in [1.807, 2.05) is 0 Å². The van der Waals surface area contributed by atoms with E-state index in [0.29, 0.717) is 0 Å². The minimum absolute atomic E-state index is 0.101. The Labute approximate surface area is 102 Å². The molecule has 0 aromatic rings. The molecular formula is C15H30O. The molecule has 0 amide bonds. The van der Waals surface area contributed by atoms with Crippen molar-refractivity contribution in [2.75, 3.05) is 0 Å². The first kappa shape index (κ1) is 15.7. The van der Waals surface area contributed by atoms with Crippen LogP contribution in [0.5, 0.6) is 0 Å². The summed E-state index contributed by atoms with van der Waals surface area (Å²) in [6.45, 7) is 8.64. The van der Waals surface area contributed by atoms with E-state index in [1.54, 1.807) is 0 Å². The normalized spacial score (nSPS) is 14.6. The Balaban J connectivity index is 3.31. The van der Waals surface area contributed by atoms with Crippen LogP contribution < -0.4 is 0 Å². The van der Waals surface area contributed by atoms with Crippen molar-refractivity contribution in [1.82, 2.24) is 0 Å². The smallest absolute Gasteiger partial charge is 0.0545 e. The van der Waals surface area contributed by atoms with E-state index < -0.39 is 0 Å². The molecule has 0 radical (unpaired) electrons. The van der Waals surface area contributed by atoms with Crippen LogP contribution >= 0.6 is 0 Å². The molecule has 0 heterocycles. The molecule has 16 heavy (non-hydrogen) atoms. The second-order valence-corrected chi connectivity index (χ2v) is 5.98. The van der Waals surface area contributed by atoms with Gasteiger partial charge in [-0.2, -0.15) is 0 Å². The molecule has 0 aromatic heterocycles. The lowest BCUT2D eigenvalue weighted by Crippen LogP contribution is -2.17. The van der Waals surface area contributed by atoms with Gasteiger partial charge in [0.1, 0.15) is 0 Å². The Kier molecular flexibility index (Phi) is 8.64. The van der Waals surface area contributed by atoms with Crippen molar-refractivity contribution < 1.29 is 5.11 Å². The first-order chi connectivity index (χ1) is 7.45. The topological polar surface area (TPSA) is 20.2 Å². The number of hydrogen-bond donors (Lipinski definition) is 1. The molecule has 0 aliphatic heterocycles. The fourth-order valence-corrected chi connectivity index (χ4v) is 1.97. The summed E-state index contributed by atoms with van der Waals surface area (Å²) in [6, 6.07) is 0. The second kappa shape index (κ2) is 8.81. The summed E-state index contributed by atoms with van der Waals surface area (Å²) >= 11 is 0. The summed E-state index contributed by atoms with van der Waals surface area (Å²) < 4.78 is 0. The summed E-state index contributed by atoms with van der Waals surface area (Å²) in [5.74, 6) is 0. The average molecular weight is 226 g/mol. The zero-order valence-corrected chi connectivity index (χ0v) is 11.6. The Bertz CT molecular complexity index is 176. The molecule has 0 aliphatic carbocycles. The molecule has 1 nitrogen and oxygen atoms in total. The second-order valence-electron chi connectivity index (χ2n) is 5.98. The first-order valence-electron chi connectivity index (χ1n) is 6.75. The quantitative estimate of drug-likeness (QED) is 0.470. The molecule has 0 spiro atoms. The van der Waals surface area contributed by atoms with Crippen molar-refractivity contribution in [3.63, 3.8) is 0 Å². The van der Waals surface area contributed by atoms with E-state index in [-0.39, 0.29) is 11.5 Å². The van der Waals surface area contributed by atoms with Gasteiger partial charge in [0.2, 0.25) is 0 Å². The van der Waals surface area contributed by atoms with Gasteiger partial charge in [-0.25, -0.2) is 0 Å². The van der Waals surface area contributed by atoms with Crippen LogP contribution in [0.15, 0.2) is 12.2 Å². The van der Waals surface area contributed by atoms with Gasteiger partial charge in [0.25, 0.3) is 0 Å². The third kappa shape index (κ3) is 11.8. The predicted octanol–water partition coefficient (Wildman–Crippen LogP) is 4.70. The predicted molar refractivity (Wildman–Crippen MR) is 72.6 cm³/mol. The van der Waals surface area contributed by atoms with Gasteiger partial charge < -0.3 is 5.11 Å². The summed E-state index contributed by atoms with van der Waals surface area (Å²) in [5, 5.41) is 9.81. The lowest BCUT2D eigenvalue weighted by atomic mass is 9.87. The minimum atomic E-state index is -0.101. The molecule has 1 atom stereocenters. The van der Waals surface area contributed by atoms with E-state index in [0.717, 1.165) is 12.8 Å². The molecule has 1 unspecified atom stereocenters. The van der Waals surface area contributed by atoms with Crippen molar-refractivity contribution in [3.8, 4) is 0 Å². The monoisotopic (exact) mass is 226 g/mol. The highest BCUT2D eigenvalue weighted by molar-refractivity contribution is 4.76. The maximum atomic E-state index is 9.81. The van der Waals surface area contributed by atoms with E-state index in [9.17, 15) is 5.11 Å². The van der Waals surface area contributed by atoms with Crippen molar-refractivity contribution in [2.24, 2.45) is 5.41 Å². The van der Waals surface area contributed by atoms with Crippen LogP contribution in [0.4, 0.5) is 0 Å². The molecule has 0 bridgehead atoms. The molecule has 1 N–H and O–H groups in total. The molecule has 96 valence electrons. The number of rotatable bonds is 8. The van der Waals surface area contributed by atoms with E-state index in [1.165, 1.54) is 32.1 Å². The largest absolute Gasteiger partial charge is 0.393 e. The van der Waals surface area contributed by atoms with Crippen LogP contribution in [0, 0.1) is 5.41 Å². The van der Waals surface area contributed by atoms with Crippen molar-refractivity contribution >= 4 is 0 Å². The lowest BCUT2D eigenvalue weighted by molar-refractivity contribution is 0.110. The number of allylic oxidation sites excluding steroid dienone is 2. The highest BCUT2D eigenvalue weighted by Crippen LogP contribution is 2.23. The van der Waals surface area contributed by atoms with Gasteiger partial charge in [-0.3, -0.25) is 0 Å². The van der Waals surface area contributed by atoms with E-state index >= 15 is 0 Å². The van der Waals surface area contributed by atoms with Crippen LogP contribution in [0.25, 0.3) is 0 Å². The highest BCUT2D eigenvalue weighted by Gasteiger charge is 2.15. The third-order valence-corrected chi connectivity index (χ3v) is 2.74. The summed E-state index contributed by atoms with van der Waals surface area (Å²) in [4.78, 5) is 0. The van der Waals surface area contributed by atoms with Crippen molar-refractivity contribution in [2.45, 2.75) is 78.7 Å². The number of aliphatic hydroxyl groups excluding tert-OH is 1. The maximum absolute atomic E-state index is 9.81. The zero-order chi connectivity index (χ0) is 12.4. The summed E-state index contributed by atoms with van der Waals surface area (Å²) in [5.41, 5.74) is 0.255. The Morgan fingerprint density at radius 2 is 1.69 bits per heavy atom. The number of aliphatic hydroxyl groups is 1. The Morgan fingerprint density at radius 1 is 1.06 bits per heavy atom. The summed E-state index contributed by atoms with van der Waals surface area (Å²) in [6.07, 6.45) is 12.4. The van der Waals surface area contributed by atoms with Gasteiger partial charge in [-0.15, -0.1) is 0 Å². The standard InChI is InChI=1S/C15H30O/c1-5-6-7-8-9-10-11-12-14(16)13-15(2,3)4/h5-6,14,16H,7-13H2,1-4H3. The average Bonchev–Trinajstić information content (AvgIpc) is 2.13. The summed E-state index contributed by atoms with van der Waals surface area (Å²) in [7, 11) is 0. The zero-order valence-electron chi connectivity index (χ0n) is 11.6. The van der Waals surface area contributed by atoms with E-state index in [4.69, 9.17) is 0 Å². The lowest BCUT2D eigenvalue weighted by Gasteiger charge is -2.22. The van der Waals surface area contributed by atoms with E-state index in [2.05, 4.69) is 39.8 Å². The molecule has 0 fully saturated rings. The molecule has 1 heteroatoms. The van der Waals surface area contributed by atoms with Crippen molar-refractivity contribution in [3.05, 3.63) is 12.2 Å². The number of unbranched alkanes of at least 4 members (excludes halogenated alkanes) is 4. The maximum Gasteiger partial charge on any atom is 0.0545 e. The molecule has 0 rings (SSSR count). The Morgan fingerprint density at radius 3 is 2.25 bits per heavy atom. The SMILES string of the molecule is CC=CCCCCCCC(O)CC(C)(C)C. The van der Waals surface area contributed by atoms with Gasteiger partial charge >= 0.3 is 0 Å². The van der Waals surface area contributed by atoms with Gasteiger partial charge in [-0.1, -0.05) is 52.2 Å². The van der Waals surface area contributed by atoms with Crippen LogP contribution in [0.3, 0.4) is 0 Å². The molecule has 0 saturated carbocycles. The molecule has 0 aromatic carbocycles. The Hall–Kier alpha value is -0.300. The highest BCUT2D eigenvalue weighted by atomic mass is 16.3.